The third kappa shape index (κ3) is 3.96. The molecule has 0 saturated carbocycles. The largest absolute Gasteiger partial charge is 0.324 e. The van der Waals surface area contributed by atoms with Gasteiger partial charge in [0.1, 0.15) is 11.5 Å². The fraction of sp³-hybridized carbons (Fsp3) is 0.346. The topological polar surface area (TPSA) is 113 Å². The van der Waals surface area contributed by atoms with Gasteiger partial charge in [-0.15, -0.1) is 0 Å². The number of nitriles is 1. The van der Waals surface area contributed by atoms with Gasteiger partial charge in [0.25, 0.3) is 5.56 Å². The van der Waals surface area contributed by atoms with Gasteiger partial charge in [-0.1, -0.05) is 26.8 Å². The van der Waals surface area contributed by atoms with Crippen LogP contribution in [0.3, 0.4) is 0 Å². The first-order valence-electron chi connectivity index (χ1n) is 11.8. The van der Waals surface area contributed by atoms with Crippen molar-refractivity contribution in [1.29, 1.82) is 5.26 Å². The van der Waals surface area contributed by atoms with Crippen LogP contribution in [-0.4, -0.2) is 30.9 Å². The summed E-state index contributed by atoms with van der Waals surface area (Å²) in [6.07, 6.45) is 4.20. The summed E-state index contributed by atoms with van der Waals surface area (Å²) in [6.45, 7) is 10.2. The van der Waals surface area contributed by atoms with E-state index in [1.165, 1.54) is 11.1 Å². The van der Waals surface area contributed by atoms with Crippen LogP contribution in [0.2, 0.25) is 0 Å². The molecule has 0 amide bonds. The van der Waals surface area contributed by atoms with Gasteiger partial charge in [0.2, 0.25) is 5.95 Å². The van der Waals surface area contributed by atoms with Gasteiger partial charge in [0, 0.05) is 36.6 Å². The van der Waals surface area contributed by atoms with E-state index >= 15 is 0 Å². The molecule has 1 aliphatic heterocycles. The quantitative estimate of drug-likeness (QED) is 0.471. The lowest BCUT2D eigenvalue weighted by molar-refractivity contribution is 0.554. The van der Waals surface area contributed by atoms with Crippen LogP contribution < -0.4 is 16.2 Å². The molecule has 2 N–H and O–H groups in total. The van der Waals surface area contributed by atoms with Crippen LogP contribution >= 0.6 is 0 Å². The number of anilines is 2. The molecule has 1 aliphatic rings. The minimum absolute atomic E-state index is 0.201. The number of rotatable bonds is 4. The molecule has 0 saturated heterocycles. The molecule has 0 radical (unpaired) electrons. The SMILES string of the molecule is CCn1c(=O)c2cnc(Nc3ccc4c(c3)CCNC4)nc2n1-c1ccnc(C(C)(C)C)c1C#N. The van der Waals surface area contributed by atoms with E-state index in [4.69, 9.17) is 4.98 Å². The summed E-state index contributed by atoms with van der Waals surface area (Å²) in [4.78, 5) is 26.8. The molecule has 4 heterocycles. The Hall–Kier alpha value is -4.03. The number of aromatic nitrogens is 5. The highest BCUT2D eigenvalue weighted by Gasteiger charge is 2.25. The average Bonchev–Trinajstić information content (AvgIpc) is 3.13. The van der Waals surface area contributed by atoms with Gasteiger partial charge in [-0.3, -0.25) is 9.78 Å². The Labute approximate surface area is 203 Å². The third-order valence-electron chi connectivity index (χ3n) is 6.30. The Morgan fingerprint density at radius 1 is 1.20 bits per heavy atom. The number of pyridine rings is 1. The van der Waals surface area contributed by atoms with Crippen molar-refractivity contribution < 1.29 is 0 Å². The van der Waals surface area contributed by atoms with E-state index in [2.05, 4.69) is 38.8 Å². The van der Waals surface area contributed by atoms with Crippen LogP contribution in [0.5, 0.6) is 0 Å². The molecule has 0 spiro atoms. The molecule has 3 aromatic heterocycles. The zero-order valence-corrected chi connectivity index (χ0v) is 20.4. The molecule has 35 heavy (non-hydrogen) atoms. The molecular formula is C26H28N8O. The van der Waals surface area contributed by atoms with E-state index in [1.807, 2.05) is 33.8 Å². The van der Waals surface area contributed by atoms with E-state index in [-0.39, 0.29) is 11.0 Å². The first kappa shape index (κ1) is 22.7. The zero-order chi connectivity index (χ0) is 24.7. The van der Waals surface area contributed by atoms with Crippen molar-refractivity contribution in [1.82, 2.24) is 29.6 Å². The zero-order valence-electron chi connectivity index (χ0n) is 20.4. The number of fused-ring (bicyclic) bond motifs is 2. The molecule has 0 atom stereocenters. The molecule has 9 heteroatoms. The highest BCUT2D eigenvalue weighted by molar-refractivity contribution is 5.78. The second kappa shape index (κ2) is 8.64. The van der Waals surface area contributed by atoms with Crippen LogP contribution in [0.1, 0.15) is 50.1 Å². The van der Waals surface area contributed by atoms with E-state index in [0.29, 0.717) is 40.5 Å². The van der Waals surface area contributed by atoms with Crippen molar-refractivity contribution in [3.8, 4) is 11.8 Å². The Morgan fingerprint density at radius 3 is 2.77 bits per heavy atom. The molecule has 1 aromatic carbocycles. The number of benzene rings is 1. The lowest BCUT2D eigenvalue weighted by Crippen LogP contribution is -2.23. The second-order valence-electron chi connectivity index (χ2n) is 9.71. The second-order valence-corrected chi connectivity index (χ2v) is 9.71. The van der Waals surface area contributed by atoms with Crippen LogP contribution in [0, 0.1) is 11.3 Å². The Kier molecular flexibility index (Phi) is 5.61. The molecule has 0 fully saturated rings. The normalized spacial score (nSPS) is 13.5. The standard InChI is InChI=1S/C26H28N8O/c1-5-33-24(35)20-15-30-25(31-18-7-6-17-14-28-10-8-16(17)12-18)32-23(20)34(33)21-9-11-29-22(19(21)13-27)26(2,3)4/h6-7,9,11-12,15,28H,5,8,10,14H2,1-4H3,(H,30,31,32). The summed E-state index contributed by atoms with van der Waals surface area (Å²) >= 11 is 0. The molecule has 9 nitrogen and oxygen atoms in total. The van der Waals surface area contributed by atoms with Crippen molar-refractivity contribution >= 4 is 22.7 Å². The predicted octanol–water partition coefficient (Wildman–Crippen LogP) is 3.56. The van der Waals surface area contributed by atoms with E-state index < -0.39 is 0 Å². The van der Waals surface area contributed by atoms with Gasteiger partial charge in [-0.05, 0) is 49.2 Å². The molecule has 4 aromatic rings. The van der Waals surface area contributed by atoms with Gasteiger partial charge < -0.3 is 10.6 Å². The third-order valence-corrected chi connectivity index (χ3v) is 6.30. The summed E-state index contributed by atoms with van der Waals surface area (Å²) in [5, 5.41) is 17.1. The first-order valence-corrected chi connectivity index (χ1v) is 11.8. The summed E-state index contributed by atoms with van der Waals surface area (Å²) in [6, 6.07) is 10.3. The van der Waals surface area contributed by atoms with Gasteiger partial charge in [0.15, 0.2) is 5.65 Å². The highest BCUT2D eigenvalue weighted by Crippen LogP contribution is 2.29. The van der Waals surface area contributed by atoms with Gasteiger partial charge in [-0.2, -0.15) is 10.2 Å². The summed E-state index contributed by atoms with van der Waals surface area (Å²) in [5.74, 6) is 0.386. The van der Waals surface area contributed by atoms with Crippen molar-refractivity contribution in [3.05, 3.63) is 69.4 Å². The monoisotopic (exact) mass is 468 g/mol. The minimum Gasteiger partial charge on any atom is -0.324 e. The lowest BCUT2D eigenvalue weighted by Gasteiger charge is -2.21. The fourth-order valence-electron chi connectivity index (χ4n) is 4.61. The Morgan fingerprint density at radius 2 is 2.03 bits per heavy atom. The lowest BCUT2D eigenvalue weighted by atomic mass is 9.88. The van der Waals surface area contributed by atoms with Crippen molar-refractivity contribution in [3.63, 3.8) is 0 Å². The number of nitrogens with one attached hydrogen (secondary N) is 2. The molecular weight excluding hydrogens is 440 g/mol. The Balaban J connectivity index is 1.66. The molecule has 5 rings (SSSR count). The molecule has 0 aliphatic carbocycles. The maximum atomic E-state index is 13.2. The van der Waals surface area contributed by atoms with E-state index in [1.54, 1.807) is 27.8 Å². The Bertz CT molecular complexity index is 1530. The van der Waals surface area contributed by atoms with Crippen molar-refractivity contribution in [2.75, 3.05) is 11.9 Å². The molecule has 178 valence electrons. The summed E-state index contributed by atoms with van der Waals surface area (Å²) in [7, 11) is 0. The van der Waals surface area contributed by atoms with Gasteiger partial charge in [0.05, 0.1) is 16.9 Å². The number of hydrogen-bond donors (Lipinski definition) is 2. The number of nitrogens with zero attached hydrogens (tertiary/aromatic N) is 6. The minimum atomic E-state index is -0.342. The average molecular weight is 469 g/mol. The predicted molar refractivity (Wildman–Crippen MR) is 135 cm³/mol. The summed E-state index contributed by atoms with van der Waals surface area (Å²) < 4.78 is 3.30. The van der Waals surface area contributed by atoms with E-state index in [0.717, 1.165) is 25.2 Å². The van der Waals surface area contributed by atoms with Crippen LogP contribution in [0.4, 0.5) is 11.6 Å². The highest BCUT2D eigenvalue weighted by atomic mass is 16.1. The maximum Gasteiger partial charge on any atom is 0.278 e. The number of hydrogen-bond acceptors (Lipinski definition) is 7. The van der Waals surface area contributed by atoms with Crippen LogP contribution in [0.15, 0.2) is 41.5 Å². The molecule has 0 unspecified atom stereocenters. The fourth-order valence-corrected chi connectivity index (χ4v) is 4.61. The van der Waals surface area contributed by atoms with Crippen LogP contribution in [-0.2, 0) is 24.9 Å². The van der Waals surface area contributed by atoms with E-state index in [9.17, 15) is 10.1 Å². The smallest absolute Gasteiger partial charge is 0.278 e. The van der Waals surface area contributed by atoms with Crippen LogP contribution in [0.25, 0.3) is 16.7 Å². The molecule has 0 bridgehead atoms. The first-order chi connectivity index (χ1) is 16.8. The van der Waals surface area contributed by atoms with Crippen molar-refractivity contribution in [2.24, 2.45) is 0 Å². The van der Waals surface area contributed by atoms with Crippen molar-refractivity contribution in [2.45, 2.75) is 52.6 Å². The van der Waals surface area contributed by atoms with Gasteiger partial charge >= 0.3 is 0 Å². The summed E-state index contributed by atoms with van der Waals surface area (Å²) in [5.41, 5.74) is 5.06. The maximum absolute atomic E-state index is 13.2. The van der Waals surface area contributed by atoms with Gasteiger partial charge in [-0.25, -0.2) is 14.3 Å².